The average molecular weight is 189 g/mol. The molecule has 0 saturated carbocycles. The zero-order valence-corrected chi connectivity index (χ0v) is 7.88. The number of hydrogen-bond acceptors (Lipinski definition) is 2. The van der Waals surface area contributed by atoms with E-state index in [2.05, 4.69) is 24.3 Å². The highest BCUT2D eigenvalue weighted by molar-refractivity contribution is 6.06. The van der Waals surface area contributed by atoms with Crippen molar-refractivity contribution in [3.8, 4) is 0 Å². The van der Waals surface area contributed by atoms with E-state index in [1.807, 2.05) is 0 Å². The van der Waals surface area contributed by atoms with Gasteiger partial charge in [0, 0.05) is 18.9 Å². The SMILES string of the molecule is CN1C(=O)[C@@H]2C3C=CC(C=C3)[C@@H]2C1=O. The maximum Gasteiger partial charge on any atom is 0.233 e. The lowest BCUT2D eigenvalue weighted by atomic mass is 9.67. The molecule has 0 aromatic carbocycles. The Balaban J connectivity index is 2.11. The third-order valence-corrected chi connectivity index (χ3v) is 3.56. The number of rotatable bonds is 0. The van der Waals surface area contributed by atoms with E-state index < -0.39 is 0 Å². The first-order valence-electron chi connectivity index (χ1n) is 4.88. The van der Waals surface area contributed by atoms with E-state index in [-0.39, 0.29) is 35.5 Å². The molecule has 1 fully saturated rings. The summed E-state index contributed by atoms with van der Waals surface area (Å²) in [6, 6.07) is 0. The average Bonchev–Trinajstić information content (AvgIpc) is 2.47. The second-order valence-corrected chi connectivity index (χ2v) is 4.21. The first-order chi connectivity index (χ1) is 6.70. The van der Waals surface area contributed by atoms with Crippen molar-refractivity contribution >= 4 is 11.8 Å². The van der Waals surface area contributed by atoms with Crippen LogP contribution in [0.25, 0.3) is 0 Å². The van der Waals surface area contributed by atoms with Crippen LogP contribution in [0.5, 0.6) is 0 Å². The zero-order valence-electron chi connectivity index (χ0n) is 7.88. The van der Waals surface area contributed by atoms with Crippen molar-refractivity contribution in [2.45, 2.75) is 0 Å². The molecule has 3 heteroatoms. The number of amides is 2. The van der Waals surface area contributed by atoms with Gasteiger partial charge in [0.25, 0.3) is 0 Å². The smallest absolute Gasteiger partial charge is 0.233 e. The minimum Gasteiger partial charge on any atom is -0.285 e. The molecule has 1 saturated heterocycles. The van der Waals surface area contributed by atoms with Crippen LogP contribution in [0.15, 0.2) is 24.3 Å². The Hall–Kier alpha value is -1.38. The Morgan fingerprint density at radius 3 is 1.64 bits per heavy atom. The minimum absolute atomic E-state index is 0.0105. The molecule has 2 bridgehead atoms. The topological polar surface area (TPSA) is 37.4 Å². The molecule has 0 radical (unpaired) electrons. The Kier molecular flexibility index (Phi) is 1.34. The van der Waals surface area contributed by atoms with Gasteiger partial charge in [-0.2, -0.15) is 0 Å². The van der Waals surface area contributed by atoms with E-state index in [4.69, 9.17) is 0 Å². The fourth-order valence-electron chi connectivity index (χ4n) is 2.79. The Labute approximate surface area is 82.1 Å². The standard InChI is InChI=1S/C11H11NO2/c1-12-10(13)8-6-2-3-7(5-4-6)9(8)11(12)14/h2-9H,1H3/t6?,7?,8-,9+. The van der Waals surface area contributed by atoms with E-state index in [1.165, 1.54) is 4.90 Å². The lowest BCUT2D eigenvalue weighted by Gasteiger charge is -2.33. The van der Waals surface area contributed by atoms with E-state index >= 15 is 0 Å². The van der Waals surface area contributed by atoms with Crippen molar-refractivity contribution in [3.63, 3.8) is 0 Å². The van der Waals surface area contributed by atoms with Crippen LogP contribution in [0.2, 0.25) is 0 Å². The van der Waals surface area contributed by atoms with Crippen molar-refractivity contribution in [3.05, 3.63) is 24.3 Å². The highest BCUT2D eigenvalue weighted by Crippen LogP contribution is 2.45. The third-order valence-electron chi connectivity index (χ3n) is 3.56. The maximum atomic E-state index is 11.8. The van der Waals surface area contributed by atoms with Gasteiger partial charge in [-0.1, -0.05) is 24.3 Å². The van der Waals surface area contributed by atoms with Crippen molar-refractivity contribution < 1.29 is 9.59 Å². The molecule has 4 rings (SSSR count). The predicted octanol–water partition coefficient (Wildman–Crippen LogP) is 0.589. The summed E-state index contributed by atoms with van der Waals surface area (Å²) in [6.45, 7) is 0. The van der Waals surface area contributed by atoms with Gasteiger partial charge in [-0.3, -0.25) is 14.5 Å². The van der Waals surface area contributed by atoms with Crippen LogP contribution >= 0.6 is 0 Å². The summed E-state index contributed by atoms with van der Waals surface area (Å²) in [5, 5.41) is 0. The number of carbonyl (C=O) groups is 2. The monoisotopic (exact) mass is 189 g/mol. The number of nitrogens with zero attached hydrogens (tertiary/aromatic N) is 1. The zero-order chi connectivity index (χ0) is 9.87. The van der Waals surface area contributed by atoms with Gasteiger partial charge in [0.05, 0.1) is 11.8 Å². The van der Waals surface area contributed by atoms with Gasteiger partial charge in [-0.05, 0) is 0 Å². The molecule has 72 valence electrons. The fraction of sp³-hybridized carbons (Fsp3) is 0.455. The second-order valence-electron chi connectivity index (χ2n) is 4.21. The number of likely N-dealkylation sites (tertiary alicyclic amines) is 1. The molecule has 4 aliphatic rings. The van der Waals surface area contributed by atoms with Gasteiger partial charge in [-0.25, -0.2) is 0 Å². The van der Waals surface area contributed by atoms with Gasteiger partial charge < -0.3 is 0 Å². The molecular formula is C11H11NO2. The molecule has 2 atom stereocenters. The lowest BCUT2D eigenvalue weighted by Crippen LogP contribution is -2.35. The lowest BCUT2D eigenvalue weighted by molar-refractivity contribution is -0.138. The molecule has 0 N–H and O–H groups in total. The highest BCUT2D eigenvalue weighted by atomic mass is 16.2. The Morgan fingerprint density at radius 1 is 0.929 bits per heavy atom. The molecule has 14 heavy (non-hydrogen) atoms. The third kappa shape index (κ3) is 0.733. The van der Waals surface area contributed by atoms with Gasteiger partial charge in [0.2, 0.25) is 11.8 Å². The summed E-state index contributed by atoms with van der Waals surface area (Å²) in [4.78, 5) is 24.8. The molecule has 0 spiro atoms. The summed E-state index contributed by atoms with van der Waals surface area (Å²) in [5.74, 6) is 0.0326. The minimum atomic E-state index is -0.118. The summed E-state index contributed by atoms with van der Waals surface area (Å²) < 4.78 is 0. The van der Waals surface area contributed by atoms with Crippen molar-refractivity contribution in [2.75, 3.05) is 7.05 Å². The van der Waals surface area contributed by atoms with Crippen LogP contribution in [-0.2, 0) is 9.59 Å². The highest BCUT2D eigenvalue weighted by Gasteiger charge is 2.53. The summed E-state index contributed by atoms with van der Waals surface area (Å²) in [5.41, 5.74) is 0. The van der Waals surface area contributed by atoms with Crippen LogP contribution in [0.1, 0.15) is 0 Å². The molecule has 0 unspecified atom stereocenters. The van der Waals surface area contributed by atoms with Gasteiger partial charge in [0.15, 0.2) is 0 Å². The maximum absolute atomic E-state index is 11.8. The van der Waals surface area contributed by atoms with E-state index in [0.29, 0.717) is 0 Å². The fourth-order valence-corrected chi connectivity index (χ4v) is 2.79. The number of imide groups is 1. The number of allylic oxidation sites excluding steroid dienone is 4. The van der Waals surface area contributed by atoms with Gasteiger partial charge >= 0.3 is 0 Å². The van der Waals surface area contributed by atoms with Crippen molar-refractivity contribution in [1.82, 2.24) is 4.90 Å². The van der Waals surface area contributed by atoms with Crippen molar-refractivity contribution in [2.24, 2.45) is 23.7 Å². The van der Waals surface area contributed by atoms with Crippen LogP contribution in [0.4, 0.5) is 0 Å². The first-order valence-corrected chi connectivity index (χ1v) is 4.88. The molecule has 2 amide bonds. The molecule has 0 aromatic heterocycles. The Bertz CT molecular complexity index is 335. The van der Waals surface area contributed by atoms with E-state index in [0.717, 1.165) is 0 Å². The summed E-state index contributed by atoms with van der Waals surface area (Å²) in [6.07, 6.45) is 8.21. The largest absolute Gasteiger partial charge is 0.285 e. The van der Waals surface area contributed by atoms with E-state index in [9.17, 15) is 9.59 Å². The molecule has 1 aliphatic heterocycles. The number of carbonyl (C=O) groups excluding carboxylic acids is 2. The van der Waals surface area contributed by atoms with Crippen LogP contribution in [-0.4, -0.2) is 23.8 Å². The second kappa shape index (κ2) is 2.35. The molecule has 0 aromatic rings. The van der Waals surface area contributed by atoms with Gasteiger partial charge in [-0.15, -0.1) is 0 Å². The first kappa shape index (κ1) is 7.97. The van der Waals surface area contributed by atoms with Crippen molar-refractivity contribution in [1.29, 1.82) is 0 Å². The quantitative estimate of drug-likeness (QED) is 0.413. The Morgan fingerprint density at radius 2 is 1.29 bits per heavy atom. The molecule has 1 heterocycles. The van der Waals surface area contributed by atoms with Gasteiger partial charge in [0.1, 0.15) is 0 Å². The van der Waals surface area contributed by atoms with Crippen LogP contribution in [0.3, 0.4) is 0 Å². The normalized spacial score (nSPS) is 43.6. The van der Waals surface area contributed by atoms with Crippen LogP contribution in [0, 0.1) is 23.7 Å². The summed E-state index contributed by atoms with van der Waals surface area (Å²) >= 11 is 0. The van der Waals surface area contributed by atoms with E-state index in [1.54, 1.807) is 7.05 Å². The van der Waals surface area contributed by atoms with Crippen LogP contribution < -0.4 is 0 Å². The summed E-state index contributed by atoms with van der Waals surface area (Å²) in [7, 11) is 1.59. The number of hydrogen-bond donors (Lipinski definition) is 0. The predicted molar refractivity (Wildman–Crippen MR) is 50.0 cm³/mol. The molecule has 3 nitrogen and oxygen atoms in total. The molecular weight excluding hydrogens is 178 g/mol. The molecule has 3 aliphatic carbocycles.